The molecule has 2 rings (SSSR count). The Labute approximate surface area is 123 Å². The molecule has 0 aliphatic rings. The van der Waals surface area contributed by atoms with Crippen molar-refractivity contribution in [2.75, 3.05) is 0 Å². The molecule has 2 N–H and O–H groups in total. The van der Waals surface area contributed by atoms with Gasteiger partial charge in [0.2, 0.25) is 0 Å². The van der Waals surface area contributed by atoms with Crippen LogP contribution in [0.1, 0.15) is 30.3 Å². The van der Waals surface area contributed by atoms with Gasteiger partial charge in [0.1, 0.15) is 5.82 Å². The summed E-state index contributed by atoms with van der Waals surface area (Å²) in [5.41, 5.74) is 8.81. The molecule has 3 nitrogen and oxygen atoms in total. The minimum atomic E-state index is -0.255. The van der Waals surface area contributed by atoms with Crippen LogP contribution in [0.2, 0.25) is 5.02 Å². The highest BCUT2D eigenvalue weighted by Crippen LogP contribution is 2.26. The Morgan fingerprint density at radius 2 is 2.10 bits per heavy atom. The zero-order valence-electron chi connectivity index (χ0n) is 12.0. The van der Waals surface area contributed by atoms with Crippen LogP contribution < -0.4 is 5.73 Å². The summed E-state index contributed by atoms with van der Waals surface area (Å²) in [4.78, 5) is 0. The number of aromatic nitrogens is 2. The number of hydrogen-bond acceptors (Lipinski definition) is 2. The Morgan fingerprint density at radius 1 is 1.40 bits per heavy atom. The third-order valence-corrected chi connectivity index (χ3v) is 4.06. The molecule has 0 saturated carbocycles. The summed E-state index contributed by atoms with van der Waals surface area (Å²) in [6.07, 6.45) is 1.28. The molecule has 20 heavy (non-hydrogen) atoms. The van der Waals surface area contributed by atoms with Crippen molar-refractivity contribution in [1.82, 2.24) is 9.78 Å². The number of nitrogens with zero attached hydrogens (tertiary/aromatic N) is 2. The van der Waals surface area contributed by atoms with E-state index in [0.717, 1.165) is 17.8 Å². The van der Waals surface area contributed by atoms with Crippen molar-refractivity contribution in [2.24, 2.45) is 5.73 Å². The first kappa shape index (κ1) is 15.0. The van der Waals surface area contributed by atoms with Crippen molar-refractivity contribution < 1.29 is 4.39 Å². The summed E-state index contributed by atoms with van der Waals surface area (Å²) in [7, 11) is 0. The molecule has 0 aliphatic heterocycles. The smallest absolute Gasteiger partial charge is 0.128 e. The molecule has 0 fully saturated rings. The fraction of sp³-hybridized carbons (Fsp3) is 0.400. The molecule has 0 radical (unpaired) electrons. The maximum Gasteiger partial charge on any atom is 0.128 e. The molecule has 0 saturated heterocycles. The number of rotatable bonds is 4. The molecular weight excluding hydrogens is 277 g/mol. The summed E-state index contributed by atoms with van der Waals surface area (Å²) in [6, 6.07) is 4.90. The molecular formula is C15H19ClFN3. The summed E-state index contributed by atoms with van der Waals surface area (Å²) in [5.74, 6) is -0.255. The van der Waals surface area contributed by atoms with Crippen LogP contribution in [0, 0.1) is 19.7 Å². The van der Waals surface area contributed by atoms with Crippen molar-refractivity contribution in [2.45, 2.75) is 39.7 Å². The first-order valence-corrected chi connectivity index (χ1v) is 7.08. The molecule has 0 amide bonds. The normalized spacial score (nSPS) is 12.7. The number of nitrogens with two attached hydrogens (primary N) is 1. The van der Waals surface area contributed by atoms with Gasteiger partial charge in [-0.1, -0.05) is 24.6 Å². The van der Waals surface area contributed by atoms with Gasteiger partial charge in [-0.3, -0.25) is 0 Å². The molecule has 5 heteroatoms. The zero-order valence-corrected chi connectivity index (χ0v) is 12.7. The second kappa shape index (κ2) is 5.94. The lowest BCUT2D eigenvalue weighted by atomic mass is 10.0. The van der Waals surface area contributed by atoms with Gasteiger partial charge in [0.25, 0.3) is 0 Å². The SMILES string of the molecule is CCC(N)Cc1c(F)cccc1-n1nc(C)c(Cl)c1C. The van der Waals surface area contributed by atoms with Crippen molar-refractivity contribution in [3.05, 3.63) is 46.0 Å². The van der Waals surface area contributed by atoms with Crippen LogP contribution in [-0.2, 0) is 6.42 Å². The van der Waals surface area contributed by atoms with E-state index in [1.807, 2.05) is 26.8 Å². The minimum absolute atomic E-state index is 0.0712. The van der Waals surface area contributed by atoms with Crippen LogP contribution >= 0.6 is 11.6 Å². The van der Waals surface area contributed by atoms with Crippen molar-refractivity contribution >= 4 is 11.6 Å². The molecule has 1 heterocycles. The van der Waals surface area contributed by atoms with Crippen LogP contribution in [0.5, 0.6) is 0 Å². The van der Waals surface area contributed by atoms with Crippen molar-refractivity contribution in [1.29, 1.82) is 0 Å². The van der Waals surface area contributed by atoms with E-state index in [-0.39, 0.29) is 11.9 Å². The van der Waals surface area contributed by atoms with E-state index in [4.69, 9.17) is 17.3 Å². The van der Waals surface area contributed by atoms with Crippen molar-refractivity contribution in [3.8, 4) is 5.69 Å². The van der Waals surface area contributed by atoms with E-state index in [2.05, 4.69) is 5.10 Å². The molecule has 2 aromatic rings. The highest BCUT2D eigenvalue weighted by atomic mass is 35.5. The molecule has 0 bridgehead atoms. The van der Waals surface area contributed by atoms with Crippen LogP contribution in [-0.4, -0.2) is 15.8 Å². The molecule has 1 aromatic carbocycles. The summed E-state index contributed by atoms with van der Waals surface area (Å²) in [6.45, 7) is 5.70. The number of halogens is 2. The van der Waals surface area contributed by atoms with Crippen LogP contribution in [0.15, 0.2) is 18.2 Å². The van der Waals surface area contributed by atoms with Crippen LogP contribution in [0.3, 0.4) is 0 Å². The van der Waals surface area contributed by atoms with Gasteiger partial charge in [-0.25, -0.2) is 9.07 Å². The fourth-order valence-electron chi connectivity index (χ4n) is 2.21. The standard InChI is InChI=1S/C15H19ClFN3/c1-4-11(18)8-12-13(17)6-5-7-14(12)20-10(3)15(16)9(2)19-20/h5-7,11H,4,8,18H2,1-3H3. The van der Waals surface area contributed by atoms with E-state index in [0.29, 0.717) is 22.7 Å². The maximum absolute atomic E-state index is 14.1. The van der Waals surface area contributed by atoms with Gasteiger partial charge in [-0.15, -0.1) is 0 Å². The predicted octanol–water partition coefficient (Wildman–Crippen LogP) is 3.56. The van der Waals surface area contributed by atoms with E-state index < -0.39 is 0 Å². The molecule has 0 aliphatic carbocycles. The maximum atomic E-state index is 14.1. The molecule has 1 atom stereocenters. The lowest BCUT2D eigenvalue weighted by Crippen LogP contribution is -2.23. The monoisotopic (exact) mass is 295 g/mol. The number of benzene rings is 1. The van der Waals surface area contributed by atoms with E-state index in [1.54, 1.807) is 10.7 Å². The average molecular weight is 296 g/mol. The van der Waals surface area contributed by atoms with Crippen LogP contribution in [0.25, 0.3) is 5.69 Å². The Bertz CT molecular complexity index is 622. The van der Waals surface area contributed by atoms with Gasteiger partial charge in [0, 0.05) is 11.6 Å². The lowest BCUT2D eigenvalue weighted by Gasteiger charge is -2.15. The summed E-state index contributed by atoms with van der Waals surface area (Å²) < 4.78 is 15.8. The zero-order chi connectivity index (χ0) is 14.9. The van der Waals surface area contributed by atoms with Gasteiger partial charge in [-0.05, 0) is 38.8 Å². The fourth-order valence-corrected chi connectivity index (χ4v) is 2.33. The Kier molecular flexibility index (Phi) is 4.45. The summed E-state index contributed by atoms with van der Waals surface area (Å²) >= 11 is 6.17. The van der Waals surface area contributed by atoms with E-state index in [9.17, 15) is 4.39 Å². The topological polar surface area (TPSA) is 43.8 Å². The van der Waals surface area contributed by atoms with E-state index in [1.165, 1.54) is 6.07 Å². The highest BCUT2D eigenvalue weighted by Gasteiger charge is 2.17. The third kappa shape index (κ3) is 2.72. The molecule has 0 spiro atoms. The quantitative estimate of drug-likeness (QED) is 0.937. The second-order valence-corrected chi connectivity index (χ2v) is 5.38. The number of hydrogen-bond donors (Lipinski definition) is 1. The minimum Gasteiger partial charge on any atom is -0.327 e. The molecule has 1 aromatic heterocycles. The van der Waals surface area contributed by atoms with Gasteiger partial charge in [0.15, 0.2) is 0 Å². The largest absolute Gasteiger partial charge is 0.327 e. The van der Waals surface area contributed by atoms with Gasteiger partial charge in [-0.2, -0.15) is 5.10 Å². The van der Waals surface area contributed by atoms with Gasteiger partial charge < -0.3 is 5.73 Å². The Hall–Kier alpha value is -1.39. The van der Waals surface area contributed by atoms with Gasteiger partial charge >= 0.3 is 0 Å². The Morgan fingerprint density at radius 3 is 2.65 bits per heavy atom. The molecule has 108 valence electrons. The molecule has 1 unspecified atom stereocenters. The summed E-state index contributed by atoms with van der Waals surface area (Å²) in [5, 5.41) is 5.00. The first-order chi connectivity index (χ1) is 9.45. The predicted molar refractivity (Wildman–Crippen MR) is 80.0 cm³/mol. The second-order valence-electron chi connectivity index (χ2n) is 5.01. The van der Waals surface area contributed by atoms with Crippen LogP contribution in [0.4, 0.5) is 4.39 Å². The van der Waals surface area contributed by atoms with Gasteiger partial charge in [0.05, 0.1) is 22.1 Å². The Balaban J connectivity index is 2.56. The number of aryl methyl sites for hydroxylation is 1. The average Bonchev–Trinajstić information content (AvgIpc) is 2.68. The van der Waals surface area contributed by atoms with E-state index >= 15 is 0 Å². The first-order valence-electron chi connectivity index (χ1n) is 6.70. The lowest BCUT2D eigenvalue weighted by molar-refractivity contribution is 0.574. The third-order valence-electron chi connectivity index (χ3n) is 3.52. The van der Waals surface area contributed by atoms with Crippen molar-refractivity contribution in [3.63, 3.8) is 0 Å². The highest BCUT2D eigenvalue weighted by molar-refractivity contribution is 6.31.